The van der Waals surface area contributed by atoms with Gasteiger partial charge in [-0.15, -0.1) is 11.8 Å². The second kappa shape index (κ2) is 4.85. The van der Waals surface area contributed by atoms with Gasteiger partial charge in [0.25, 0.3) is 0 Å². The van der Waals surface area contributed by atoms with Crippen LogP contribution >= 0.6 is 23.4 Å². The van der Waals surface area contributed by atoms with E-state index in [2.05, 4.69) is 0 Å². The molecule has 0 unspecified atom stereocenters. The summed E-state index contributed by atoms with van der Waals surface area (Å²) < 4.78 is 5.48. The Hall–Kier alpha value is -1.06. The zero-order valence-corrected chi connectivity index (χ0v) is 10.4. The lowest BCUT2D eigenvalue weighted by molar-refractivity contribution is 0.501. The fraction of sp³-hybridized carbons (Fsp3) is 0.167. The average molecular weight is 254 g/mol. The van der Waals surface area contributed by atoms with Crippen LogP contribution in [0.5, 0.6) is 0 Å². The minimum atomic E-state index is 0.688. The Balaban J connectivity index is 2.10. The van der Waals surface area contributed by atoms with Crippen molar-refractivity contribution in [3.8, 4) is 0 Å². The van der Waals surface area contributed by atoms with Gasteiger partial charge in [-0.25, -0.2) is 0 Å². The Morgan fingerprint density at radius 3 is 2.75 bits per heavy atom. The monoisotopic (exact) mass is 253 g/mol. The van der Waals surface area contributed by atoms with Crippen LogP contribution in [0.4, 0.5) is 5.69 Å². The molecule has 0 saturated heterocycles. The number of anilines is 1. The molecule has 4 heteroatoms. The molecule has 0 fully saturated rings. The summed E-state index contributed by atoms with van der Waals surface area (Å²) in [5, 5.41) is 0.688. The molecule has 2 rings (SSSR count). The van der Waals surface area contributed by atoms with Crippen molar-refractivity contribution in [3.63, 3.8) is 0 Å². The molecule has 84 valence electrons. The number of hydrogen-bond acceptors (Lipinski definition) is 3. The predicted octanol–water partition coefficient (Wildman–Crippen LogP) is 4.12. The molecular formula is C12H12ClNOS. The van der Waals surface area contributed by atoms with Gasteiger partial charge >= 0.3 is 0 Å². The Morgan fingerprint density at radius 2 is 2.12 bits per heavy atom. The molecule has 0 atom stereocenters. The molecule has 1 heterocycles. The second-order valence-electron chi connectivity index (χ2n) is 3.46. The smallest absolute Gasteiger partial charge is 0.114 e. The van der Waals surface area contributed by atoms with Crippen molar-refractivity contribution in [1.82, 2.24) is 0 Å². The van der Waals surface area contributed by atoms with E-state index in [-0.39, 0.29) is 0 Å². The number of hydrogen-bond donors (Lipinski definition) is 1. The number of rotatable bonds is 3. The van der Waals surface area contributed by atoms with Crippen LogP contribution < -0.4 is 5.73 Å². The van der Waals surface area contributed by atoms with Gasteiger partial charge in [0.15, 0.2) is 0 Å². The van der Waals surface area contributed by atoms with E-state index in [1.54, 1.807) is 11.8 Å². The number of thioether (sulfide) groups is 1. The highest BCUT2D eigenvalue weighted by Crippen LogP contribution is 2.34. The van der Waals surface area contributed by atoms with Gasteiger partial charge in [-0.2, -0.15) is 0 Å². The van der Waals surface area contributed by atoms with E-state index in [1.807, 2.05) is 37.3 Å². The first-order valence-corrected chi connectivity index (χ1v) is 6.25. The van der Waals surface area contributed by atoms with E-state index < -0.39 is 0 Å². The number of halogens is 1. The Morgan fingerprint density at radius 1 is 1.31 bits per heavy atom. The van der Waals surface area contributed by atoms with Crippen LogP contribution in [0.2, 0.25) is 5.02 Å². The SMILES string of the molecule is Cc1ccc(CSc2c(N)cccc2Cl)o1. The maximum Gasteiger partial charge on any atom is 0.114 e. The normalized spacial score (nSPS) is 10.6. The van der Waals surface area contributed by atoms with Crippen molar-refractivity contribution in [3.05, 3.63) is 46.9 Å². The molecule has 0 radical (unpaired) electrons. The fourth-order valence-electron chi connectivity index (χ4n) is 1.38. The molecule has 16 heavy (non-hydrogen) atoms. The third-order valence-corrected chi connectivity index (χ3v) is 3.75. The van der Waals surface area contributed by atoms with E-state index in [0.717, 1.165) is 22.2 Å². The largest absolute Gasteiger partial charge is 0.465 e. The summed E-state index contributed by atoms with van der Waals surface area (Å²) in [5.74, 6) is 2.59. The fourth-order valence-corrected chi connectivity index (χ4v) is 2.61. The number of nitrogen functional groups attached to an aromatic ring is 1. The molecule has 0 saturated carbocycles. The van der Waals surface area contributed by atoms with Crippen molar-refractivity contribution in [2.75, 3.05) is 5.73 Å². The third kappa shape index (κ3) is 2.54. The summed E-state index contributed by atoms with van der Waals surface area (Å²) in [5.41, 5.74) is 6.56. The van der Waals surface area contributed by atoms with Gasteiger partial charge in [-0.3, -0.25) is 0 Å². The van der Waals surface area contributed by atoms with Crippen LogP contribution in [-0.2, 0) is 5.75 Å². The molecule has 1 aromatic carbocycles. The first-order valence-electron chi connectivity index (χ1n) is 4.89. The number of aryl methyl sites for hydroxylation is 1. The van der Waals surface area contributed by atoms with Crippen molar-refractivity contribution >= 4 is 29.1 Å². The van der Waals surface area contributed by atoms with Gasteiger partial charge in [-0.05, 0) is 31.2 Å². The van der Waals surface area contributed by atoms with Crippen molar-refractivity contribution in [1.29, 1.82) is 0 Å². The maximum atomic E-state index is 6.07. The number of benzene rings is 1. The highest BCUT2D eigenvalue weighted by Gasteiger charge is 2.06. The van der Waals surface area contributed by atoms with E-state index in [9.17, 15) is 0 Å². The molecule has 2 aromatic rings. The van der Waals surface area contributed by atoms with Crippen LogP contribution in [0, 0.1) is 6.92 Å². The van der Waals surface area contributed by atoms with Gasteiger partial charge in [0.2, 0.25) is 0 Å². The Labute approximate surface area is 104 Å². The molecule has 0 bridgehead atoms. The van der Waals surface area contributed by atoms with Crippen LogP contribution in [0.1, 0.15) is 11.5 Å². The number of furan rings is 1. The molecular weight excluding hydrogens is 242 g/mol. The third-order valence-electron chi connectivity index (χ3n) is 2.15. The molecule has 0 spiro atoms. The summed E-state index contributed by atoms with van der Waals surface area (Å²) in [6.45, 7) is 1.93. The summed E-state index contributed by atoms with van der Waals surface area (Å²) in [7, 11) is 0. The van der Waals surface area contributed by atoms with Gasteiger partial charge in [0.1, 0.15) is 11.5 Å². The Bertz CT molecular complexity index is 475. The molecule has 2 N–H and O–H groups in total. The molecule has 1 aromatic heterocycles. The van der Waals surface area contributed by atoms with Gasteiger partial charge in [0, 0.05) is 10.6 Å². The lowest BCUT2D eigenvalue weighted by Crippen LogP contribution is -1.89. The molecule has 0 aliphatic rings. The van der Waals surface area contributed by atoms with Crippen LogP contribution in [0.3, 0.4) is 0 Å². The number of nitrogens with two attached hydrogens (primary N) is 1. The van der Waals surface area contributed by atoms with E-state index in [0.29, 0.717) is 10.7 Å². The highest BCUT2D eigenvalue weighted by molar-refractivity contribution is 7.98. The lowest BCUT2D eigenvalue weighted by atomic mass is 10.3. The average Bonchev–Trinajstić information content (AvgIpc) is 2.63. The maximum absolute atomic E-state index is 6.07. The van der Waals surface area contributed by atoms with Crippen molar-refractivity contribution < 1.29 is 4.42 Å². The highest BCUT2D eigenvalue weighted by atomic mass is 35.5. The summed E-state index contributed by atoms with van der Waals surface area (Å²) in [4.78, 5) is 0.915. The summed E-state index contributed by atoms with van der Waals surface area (Å²) >= 11 is 7.66. The zero-order chi connectivity index (χ0) is 11.5. The quantitative estimate of drug-likeness (QED) is 0.661. The zero-order valence-electron chi connectivity index (χ0n) is 8.87. The topological polar surface area (TPSA) is 39.2 Å². The molecule has 0 aliphatic carbocycles. The van der Waals surface area contributed by atoms with Gasteiger partial charge in [-0.1, -0.05) is 17.7 Å². The molecule has 2 nitrogen and oxygen atoms in total. The minimum Gasteiger partial charge on any atom is -0.465 e. The first-order chi connectivity index (χ1) is 7.66. The van der Waals surface area contributed by atoms with Gasteiger partial charge < -0.3 is 10.2 Å². The van der Waals surface area contributed by atoms with E-state index >= 15 is 0 Å². The Kier molecular flexibility index (Phi) is 3.46. The van der Waals surface area contributed by atoms with Crippen molar-refractivity contribution in [2.45, 2.75) is 17.6 Å². The second-order valence-corrected chi connectivity index (χ2v) is 4.85. The van der Waals surface area contributed by atoms with Crippen LogP contribution in [0.15, 0.2) is 39.6 Å². The lowest BCUT2D eigenvalue weighted by Gasteiger charge is -2.05. The summed E-state index contributed by atoms with van der Waals surface area (Å²) in [6.07, 6.45) is 0. The molecule has 0 amide bonds. The van der Waals surface area contributed by atoms with Crippen LogP contribution in [-0.4, -0.2) is 0 Å². The van der Waals surface area contributed by atoms with Crippen molar-refractivity contribution in [2.24, 2.45) is 0 Å². The van der Waals surface area contributed by atoms with E-state index in [1.165, 1.54) is 0 Å². The predicted molar refractivity (Wildman–Crippen MR) is 68.9 cm³/mol. The standard InChI is InChI=1S/C12H12ClNOS/c1-8-5-6-9(15-8)7-16-12-10(13)3-2-4-11(12)14/h2-6H,7,14H2,1H3. The molecule has 0 aliphatic heterocycles. The summed E-state index contributed by atoms with van der Waals surface area (Å²) in [6, 6.07) is 9.45. The minimum absolute atomic E-state index is 0.688. The van der Waals surface area contributed by atoms with Gasteiger partial charge in [0.05, 0.1) is 10.8 Å². The first kappa shape index (κ1) is 11.4. The van der Waals surface area contributed by atoms with Crippen LogP contribution in [0.25, 0.3) is 0 Å². The van der Waals surface area contributed by atoms with E-state index in [4.69, 9.17) is 21.8 Å².